The maximum atomic E-state index is 11.5. The van der Waals surface area contributed by atoms with E-state index in [1.807, 2.05) is 60.7 Å². The molecule has 1 fully saturated rings. The van der Waals surface area contributed by atoms with Crippen LogP contribution in [0.25, 0.3) is 0 Å². The molecule has 1 aliphatic heterocycles. The highest BCUT2D eigenvalue weighted by Gasteiger charge is 2.33. The van der Waals surface area contributed by atoms with Crippen LogP contribution < -0.4 is 0 Å². The fraction of sp³-hybridized carbons (Fsp3) is 0.364. The molecule has 2 heteroatoms. The fourth-order valence-corrected chi connectivity index (χ4v) is 3.31. The molecule has 124 valence electrons. The average molecular weight is 319 g/mol. The van der Waals surface area contributed by atoms with Gasteiger partial charge in [0.2, 0.25) is 0 Å². The SMILES string of the molecule is CN1CCCC[C@]1(C)C#CC(O)(c1ccccc1)c1ccccc1. The van der Waals surface area contributed by atoms with Gasteiger partial charge in [-0.3, -0.25) is 4.90 Å². The maximum Gasteiger partial charge on any atom is 0.176 e. The van der Waals surface area contributed by atoms with Gasteiger partial charge in [-0.25, -0.2) is 0 Å². The number of aliphatic hydroxyl groups is 1. The zero-order chi connectivity index (χ0) is 17.0. The van der Waals surface area contributed by atoms with Gasteiger partial charge in [0.15, 0.2) is 5.60 Å². The lowest BCUT2D eigenvalue weighted by Gasteiger charge is -2.39. The van der Waals surface area contributed by atoms with Crippen molar-refractivity contribution in [1.82, 2.24) is 4.90 Å². The van der Waals surface area contributed by atoms with Crippen LogP contribution in [0.4, 0.5) is 0 Å². The van der Waals surface area contributed by atoms with Gasteiger partial charge in [-0.1, -0.05) is 72.5 Å². The molecular weight excluding hydrogens is 294 g/mol. The molecule has 24 heavy (non-hydrogen) atoms. The summed E-state index contributed by atoms with van der Waals surface area (Å²) in [4.78, 5) is 2.31. The normalized spacial score (nSPS) is 21.8. The van der Waals surface area contributed by atoms with Crippen LogP contribution >= 0.6 is 0 Å². The number of piperidine rings is 1. The van der Waals surface area contributed by atoms with E-state index in [0.717, 1.165) is 24.1 Å². The summed E-state index contributed by atoms with van der Waals surface area (Å²) in [5, 5.41) is 11.5. The maximum absolute atomic E-state index is 11.5. The van der Waals surface area contributed by atoms with Crippen molar-refractivity contribution in [3.63, 3.8) is 0 Å². The molecule has 2 aromatic rings. The first kappa shape index (κ1) is 16.8. The standard InChI is InChI=1S/C22H25NO/c1-21(15-9-10-18-23(21)2)16-17-22(24,19-11-5-3-6-12-19)20-13-7-4-8-14-20/h3-8,11-14,24H,9-10,15,18H2,1-2H3/t21-/m1/s1. The lowest BCUT2D eigenvalue weighted by atomic mass is 9.84. The van der Waals surface area contributed by atoms with Crippen LogP contribution in [0.5, 0.6) is 0 Å². The summed E-state index contributed by atoms with van der Waals surface area (Å²) in [6.45, 7) is 3.23. The molecule has 1 saturated heterocycles. The molecule has 0 amide bonds. The zero-order valence-electron chi connectivity index (χ0n) is 14.5. The summed E-state index contributed by atoms with van der Waals surface area (Å²) in [6, 6.07) is 19.4. The Balaban J connectivity index is 2.06. The van der Waals surface area contributed by atoms with Crippen molar-refractivity contribution in [1.29, 1.82) is 0 Å². The van der Waals surface area contributed by atoms with Gasteiger partial charge in [0.1, 0.15) is 0 Å². The van der Waals surface area contributed by atoms with Crippen molar-refractivity contribution in [3.8, 4) is 11.8 Å². The minimum Gasteiger partial charge on any atom is -0.369 e. The second-order valence-electron chi connectivity index (χ2n) is 6.84. The van der Waals surface area contributed by atoms with Gasteiger partial charge in [0.05, 0.1) is 5.54 Å². The molecule has 0 aromatic heterocycles. The van der Waals surface area contributed by atoms with Crippen LogP contribution in [-0.4, -0.2) is 29.1 Å². The van der Waals surface area contributed by atoms with E-state index in [1.54, 1.807) is 0 Å². The molecule has 0 bridgehead atoms. The Bertz CT molecular complexity index is 689. The van der Waals surface area contributed by atoms with E-state index in [2.05, 4.69) is 30.7 Å². The fourth-order valence-electron chi connectivity index (χ4n) is 3.31. The molecule has 0 aliphatic carbocycles. The zero-order valence-corrected chi connectivity index (χ0v) is 14.5. The first-order valence-corrected chi connectivity index (χ1v) is 8.64. The minimum atomic E-state index is -1.29. The van der Waals surface area contributed by atoms with Crippen molar-refractivity contribution in [2.75, 3.05) is 13.6 Å². The summed E-state index contributed by atoms with van der Waals surface area (Å²) in [6.07, 6.45) is 3.44. The topological polar surface area (TPSA) is 23.5 Å². The molecule has 3 rings (SSSR count). The summed E-state index contributed by atoms with van der Waals surface area (Å²) < 4.78 is 0. The number of benzene rings is 2. The molecule has 2 aromatic carbocycles. The van der Waals surface area contributed by atoms with E-state index in [9.17, 15) is 5.11 Å². The number of nitrogens with zero attached hydrogens (tertiary/aromatic N) is 1. The van der Waals surface area contributed by atoms with Gasteiger partial charge in [-0.15, -0.1) is 0 Å². The summed E-state index contributed by atoms with van der Waals surface area (Å²) in [5.74, 6) is 6.64. The van der Waals surface area contributed by atoms with Crippen molar-refractivity contribution < 1.29 is 5.11 Å². The summed E-state index contributed by atoms with van der Waals surface area (Å²) in [7, 11) is 2.12. The Morgan fingerprint density at radius 1 is 0.958 bits per heavy atom. The molecule has 2 nitrogen and oxygen atoms in total. The quantitative estimate of drug-likeness (QED) is 0.851. The highest BCUT2D eigenvalue weighted by Crippen LogP contribution is 2.31. The Morgan fingerprint density at radius 3 is 2.00 bits per heavy atom. The molecule has 1 heterocycles. The molecule has 0 spiro atoms. The molecular formula is C22H25NO. The molecule has 1 atom stereocenters. The van der Waals surface area contributed by atoms with Gasteiger partial charge < -0.3 is 5.11 Å². The van der Waals surface area contributed by atoms with E-state index < -0.39 is 5.60 Å². The average Bonchev–Trinajstić information content (AvgIpc) is 2.64. The predicted molar refractivity (Wildman–Crippen MR) is 98.5 cm³/mol. The lowest BCUT2D eigenvalue weighted by Crippen LogP contribution is -2.46. The number of hydrogen-bond acceptors (Lipinski definition) is 2. The highest BCUT2D eigenvalue weighted by atomic mass is 16.3. The molecule has 0 unspecified atom stereocenters. The van der Waals surface area contributed by atoms with Crippen LogP contribution in [0.1, 0.15) is 37.3 Å². The largest absolute Gasteiger partial charge is 0.369 e. The third kappa shape index (κ3) is 3.24. The summed E-state index contributed by atoms with van der Waals surface area (Å²) in [5.41, 5.74) is 0.149. The summed E-state index contributed by atoms with van der Waals surface area (Å²) >= 11 is 0. The smallest absolute Gasteiger partial charge is 0.176 e. The number of hydrogen-bond donors (Lipinski definition) is 1. The van der Waals surface area contributed by atoms with Crippen LogP contribution in [-0.2, 0) is 5.60 Å². The lowest BCUT2D eigenvalue weighted by molar-refractivity contribution is 0.133. The van der Waals surface area contributed by atoms with Crippen molar-refractivity contribution >= 4 is 0 Å². The molecule has 1 N–H and O–H groups in total. The van der Waals surface area contributed by atoms with E-state index >= 15 is 0 Å². The first-order chi connectivity index (χ1) is 11.5. The van der Waals surface area contributed by atoms with Crippen LogP contribution in [0.2, 0.25) is 0 Å². The van der Waals surface area contributed by atoms with Gasteiger partial charge in [0.25, 0.3) is 0 Å². The van der Waals surface area contributed by atoms with Gasteiger partial charge in [-0.05, 0) is 39.8 Å². The Hall–Kier alpha value is -2.08. The highest BCUT2D eigenvalue weighted by molar-refractivity contribution is 5.45. The van der Waals surface area contributed by atoms with Crippen molar-refractivity contribution in [2.45, 2.75) is 37.3 Å². The molecule has 1 aliphatic rings. The van der Waals surface area contributed by atoms with E-state index in [1.165, 1.54) is 12.8 Å². The van der Waals surface area contributed by atoms with Crippen LogP contribution in [0, 0.1) is 11.8 Å². The van der Waals surface area contributed by atoms with Crippen molar-refractivity contribution in [2.24, 2.45) is 0 Å². The molecule has 0 radical (unpaired) electrons. The number of rotatable bonds is 2. The number of likely N-dealkylation sites (tertiary alicyclic amines) is 1. The van der Waals surface area contributed by atoms with E-state index in [-0.39, 0.29) is 5.54 Å². The van der Waals surface area contributed by atoms with E-state index in [4.69, 9.17) is 0 Å². The Morgan fingerprint density at radius 2 is 1.50 bits per heavy atom. The Kier molecular flexibility index (Phi) is 4.76. The minimum absolute atomic E-state index is 0.185. The monoisotopic (exact) mass is 319 g/mol. The third-order valence-corrected chi connectivity index (χ3v) is 5.15. The van der Waals surface area contributed by atoms with Crippen LogP contribution in [0.15, 0.2) is 60.7 Å². The molecule has 0 saturated carbocycles. The second-order valence-corrected chi connectivity index (χ2v) is 6.84. The second kappa shape index (κ2) is 6.81. The predicted octanol–water partition coefficient (Wildman–Crippen LogP) is 3.80. The first-order valence-electron chi connectivity index (χ1n) is 8.64. The van der Waals surface area contributed by atoms with Gasteiger partial charge in [-0.2, -0.15) is 0 Å². The van der Waals surface area contributed by atoms with Crippen LogP contribution in [0.3, 0.4) is 0 Å². The van der Waals surface area contributed by atoms with Crippen molar-refractivity contribution in [3.05, 3.63) is 71.8 Å². The van der Waals surface area contributed by atoms with E-state index in [0.29, 0.717) is 0 Å². The third-order valence-electron chi connectivity index (χ3n) is 5.15. The van der Waals surface area contributed by atoms with Gasteiger partial charge >= 0.3 is 0 Å². The van der Waals surface area contributed by atoms with Gasteiger partial charge in [0, 0.05) is 11.1 Å². The Labute approximate surface area is 145 Å².